The summed E-state index contributed by atoms with van der Waals surface area (Å²) in [7, 11) is -1.29. The fourth-order valence-electron chi connectivity index (χ4n) is 4.71. The summed E-state index contributed by atoms with van der Waals surface area (Å²) < 4.78 is 0. The minimum atomic E-state index is -1.29. The first-order valence-corrected chi connectivity index (χ1v) is 12.1. The topological polar surface area (TPSA) is 0 Å². The molecular weight excluding hydrogens is 388 g/mol. The van der Waals surface area contributed by atoms with Crippen LogP contribution in [0.4, 0.5) is 0 Å². The molecule has 0 unspecified atom stereocenters. The van der Waals surface area contributed by atoms with E-state index in [0.29, 0.717) is 0 Å². The van der Waals surface area contributed by atoms with Gasteiger partial charge in [0.05, 0.1) is 0 Å². The Labute approximate surface area is 182 Å². The van der Waals surface area contributed by atoms with E-state index in [1.807, 2.05) is 0 Å². The van der Waals surface area contributed by atoms with Crippen molar-refractivity contribution in [3.8, 4) is 0 Å². The minimum absolute atomic E-state index is 1.27. The van der Waals surface area contributed by atoms with Gasteiger partial charge in [0.15, 0.2) is 0 Å². The zero-order valence-corrected chi connectivity index (χ0v) is 18.1. The van der Waals surface area contributed by atoms with Crippen LogP contribution in [0.5, 0.6) is 0 Å². The molecule has 1 heteroatoms. The summed E-state index contributed by atoms with van der Waals surface area (Å²) in [5, 5.41) is 16.4. The van der Waals surface area contributed by atoms with Crippen molar-refractivity contribution in [2.75, 3.05) is 0 Å². The van der Waals surface area contributed by atoms with Gasteiger partial charge in [0.1, 0.15) is 8.41 Å². The number of benzene rings is 6. The lowest BCUT2D eigenvalue weighted by Gasteiger charge is -2.13. The Hall–Kier alpha value is -3.77. The normalized spacial score (nSPS) is 11.2. The molecule has 6 aromatic carbocycles. The Morgan fingerprint density at radius 2 is 0.839 bits per heavy atom. The SMILES string of the molecule is C=C=[Si](c1cccc2cc3ccccc3cc12)c1cccc2cc3ccccc3cc12. The second-order valence-electron chi connectivity index (χ2n) is 8.00. The molecule has 144 valence electrons. The third-order valence-corrected chi connectivity index (χ3v) is 8.51. The fraction of sp³-hybridized carbons (Fsp3) is 0. The lowest BCUT2D eigenvalue weighted by Crippen LogP contribution is -2.36. The monoisotopic (exact) mass is 408 g/mol. The van der Waals surface area contributed by atoms with Gasteiger partial charge in [0, 0.05) is 0 Å². The lowest BCUT2D eigenvalue weighted by atomic mass is 10.0. The molecule has 0 atom stereocenters. The zero-order chi connectivity index (χ0) is 20.8. The first kappa shape index (κ1) is 18.0. The van der Waals surface area contributed by atoms with E-state index in [0.717, 1.165) is 0 Å². The largest absolute Gasteiger partial charge is 0.153 e. The maximum Gasteiger partial charge on any atom is 0.135 e. The van der Waals surface area contributed by atoms with Crippen molar-refractivity contribution < 1.29 is 0 Å². The van der Waals surface area contributed by atoms with E-state index in [4.69, 9.17) is 0 Å². The van der Waals surface area contributed by atoms with Crippen LogP contribution in [0.1, 0.15) is 0 Å². The quantitative estimate of drug-likeness (QED) is 0.241. The van der Waals surface area contributed by atoms with Crippen LogP contribution in [-0.4, -0.2) is 13.7 Å². The summed E-state index contributed by atoms with van der Waals surface area (Å²) in [6, 6.07) is 39.8. The van der Waals surface area contributed by atoms with Crippen LogP contribution in [0.15, 0.2) is 116 Å². The Balaban J connectivity index is 1.65. The Morgan fingerprint density at radius 1 is 0.452 bits per heavy atom. The average Bonchev–Trinajstić information content (AvgIpc) is 2.82. The van der Waals surface area contributed by atoms with E-state index in [-0.39, 0.29) is 0 Å². The highest BCUT2D eigenvalue weighted by atomic mass is 28.2. The maximum absolute atomic E-state index is 4.17. The third-order valence-electron chi connectivity index (χ3n) is 6.21. The summed E-state index contributed by atoms with van der Waals surface area (Å²) in [5.74, 6) is 0. The van der Waals surface area contributed by atoms with Crippen LogP contribution in [0.3, 0.4) is 0 Å². The van der Waals surface area contributed by atoms with Gasteiger partial charge in [-0.15, -0.1) is 0 Å². The van der Waals surface area contributed by atoms with Crippen molar-refractivity contribution in [1.29, 1.82) is 0 Å². The molecule has 0 fully saturated rings. The van der Waals surface area contributed by atoms with Crippen LogP contribution >= 0.6 is 0 Å². The molecule has 0 N–H and O–H groups in total. The Bertz CT molecular complexity index is 1560. The van der Waals surface area contributed by atoms with Crippen molar-refractivity contribution in [3.63, 3.8) is 0 Å². The smallest absolute Gasteiger partial charge is 0.135 e. The average molecular weight is 409 g/mol. The van der Waals surface area contributed by atoms with E-state index in [1.54, 1.807) is 0 Å². The van der Waals surface area contributed by atoms with E-state index in [9.17, 15) is 0 Å². The van der Waals surface area contributed by atoms with Gasteiger partial charge < -0.3 is 0 Å². The van der Waals surface area contributed by atoms with Gasteiger partial charge in [-0.3, -0.25) is 0 Å². The molecular formula is C30H20Si. The molecule has 0 saturated heterocycles. The standard InChI is InChI=1S/C30H20Si/c1-2-31(29-15-7-13-25-17-21-9-3-5-11-23(21)19-27(25)29)30-16-8-14-26-18-22-10-4-6-12-24(22)20-28(26)30/h3-20H,1H2. The van der Waals surface area contributed by atoms with Gasteiger partial charge >= 0.3 is 0 Å². The number of rotatable bonds is 2. The molecule has 0 bridgehead atoms. The van der Waals surface area contributed by atoms with Crippen LogP contribution in [0.2, 0.25) is 0 Å². The molecule has 6 aromatic rings. The van der Waals surface area contributed by atoms with Crippen molar-refractivity contribution in [2.24, 2.45) is 0 Å². The van der Waals surface area contributed by atoms with Gasteiger partial charge in [0.25, 0.3) is 0 Å². The summed E-state index contributed by atoms with van der Waals surface area (Å²) in [6.45, 7) is 4.17. The van der Waals surface area contributed by atoms with Crippen LogP contribution in [0, 0.1) is 0 Å². The maximum atomic E-state index is 4.17. The highest BCUT2D eigenvalue weighted by Crippen LogP contribution is 2.23. The third kappa shape index (κ3) is 2.95. The molecule has 0 aliphatic carbocycles. The highest BCUT2D eigenvalue weighted by Gasteiger charge is 2.14. The van der Waals surface area contributed by atoms with Gasteiger partial charge in [-0.05, 0) is 77.7 Å². The van der Waals surface area contributed by atoms with Gasteiger partial charge in [-0.1, -0.05) is 91.5 Å². The van der Waals surface area contributed by atoms with Crippen molar-refractivity contribution in [2.45, 2.75) is 0 Å². The predicted octanol–water partition coefficient (Wildman–Crippen LogP) is 6.08. The van der Waals surface area contributed by atoms with Crippen LogP contribution < -0.4 is 10.4 Å². The fourth-order valence-corrected chi connectivity index (χ4v) is 6.87. The molecule has 0 aromatic heterocycles. The summed E-state index contributed by atoms with van der Waals surface area (Å²) in [6.07, 6.45) is 0. The number of hydrogen-bond acceptors (Lipinski definition) is 0. The number of hydrogen-bond donors (Lipinski definition) is 0. The number of fused-ring (bicyclic) bond motifs is 4. The van der Waals surface area contributed by atoms with E-state index >= 15 is 0 Å². The molecule has 31 heavy (non-hydrogen) atoms. The van der Waals surface area contributed by atoms with Gasteiger partial charge in [-0.2, -0.15) is 5.33 Å². The Morgan fingerprint density at radius 3 is 1.26 bits per heavy atom. The van der Waals surface area contributed by atoms with Crippen LogP contribution in [0.25, 0.3) is 43.1 Å². The van der Waals surface area contributed by atoms with Crippen molar-refractivity contribution >= 4 is 67.2 Å². The van der Waals surface area contributed by atoms with E-state index < -0.39 is 8.41 Å². The molecule has 0 radical (unpaired) electrons. The van der Waals surface area contributed by atoms with Gasteiger partial charge in [0.2, 0.25) is 0 Å². The molecule has 0 heterocycles. The van der Waals surface area contributed by atoms with Gasteiger partial charge in [-0.25, -0.2) is 0 Å². The first-order valence-electron chi connectivity index (χ1n) is 10.6. The highest BCUT2D eigenvalue weighted by molar-refractivity contribution is 6.90. The molecule has 0 nitrogen and oxygen atoms in total. The van der Waals surface area contributed by atoms with Crippen molar-refractivity contribution in [3.05, 3.63) is 116 Å². The summed E-state index contributed by atoms with van der Waals surface area (Å²) in [4.78, 5) is 0. The Kier molecular flexibility index (Phi) is 4.17. The van der Waals surface area contributed by atoms with E-state index in [1.165, 1.54) is 53.5 Å². The first-order chi connectivity index (χ1) is 15.3. The van der Waals surface area contributed by atoms with Crippen LogP contribution in [-0.2, 0) is 0 Å². The molecule has 6 rings (SSSR count). The zero-order valence-electron chi connectivity index (χ0n) is 17.1. The predicted molar refractivity (Wildman–Crippen MR) is 139 cm³/mol. The van der Waals surface area contributed by atoms with E-state index in [2.05, 4.69) is 121 Å². The molecule has 0 aliphatic rings. The lowest BCUT2D eigenvalue weighted by molar-refractivity contribution is 1.78. The van der Waals surface area contributed by atoms with Crippen molar-refractivity contribution in [1.82, 2.24) is 0 Å². The summed E-state index contributed by atoms with van der Waals surface area (Å²) >= 11 is 0. The molecule has 0 saturated carbocycles. The molecule has 0 aliphatic heterocycles. The molecule has 0 amide bonds. The second-order valence-corrected chi connectivity index (χ2v) is 10.2. The minimum Gasteiger partial charge on any atom is -0.153 e. The molecule has 0 spiro atoms. The second kappa shape index (κ2) is 7.18. The summed E-state index contributed by atoms with van der Waals surface area (Å²) in [5.41, 5.74) is 0.